The normalized spacial score (nSPS) is 14.5. The van der Waals surface area contributed by atoms with Crippen molar-refractivity contribution in [3.8, 4) is 66.8 Å². The molecule has 3 nitrogen and oxygen atoms in total. The zero-order chi connectivity index (χ0) is 75.3. The molecule has 534 valence electrons. The molecule has 18 aromatic carbocycles. The Morgan fingerprint density at radius 1 is 0.183 bits per heavy atom. The Labute approximate surface area is 666 Å². The molecule has 0 bridgehead atoms. The predicted molar refractivity (Wildman–Crippen MR) is 469 cm³/mol. The predicted octanol–water partition coefficient (Wildman–Crippen LogP) is 28.1. The molecule has 0 unspecified atom stereocenters. The summed E-state index contributed by atoms with van der Waals surface area (Å²) in [6.45, 7) is 0. The summed E-state index contributed by atoms with van der Waals surface area (Å²) >= 11 is 0. The quantitative estimate of drug-likeness (QED) is 0.137. The molecule has 2 aromatic heterocycles. The molecular formula is C112H69NO2. The number of furan rings is 2. The molecule has 0 saturated carbocycles. The second kappa shape index (κ2) is 23.9. The minimum Gasteiger partial charge on any atom is -0.456 e. The first-order chi connectivity index (χ1) is 57.0. The van der Waals surface area contributed by atoms with Gasteiger partial charge in [-0.3, -0.25) is 0 Å². The van der Waals surface area contributed by atoms with Gasteiger partial charge in [-0.15, -0.1) is 0 Å². The molecule has 25 rings (SSSR count). The zero-order valence-corrected chi connectivity index (χ0v) is 62.6. The Balaban J connectivity index is 0.806. The molecule has 5 aliphatic rings. The van der Waals surface area contributed by atoms with Crippen LogP contribution in [0.4, 0.5) is 17.1 Å². The van der Waals surface area contributed by atoms with Crippen LogP contribution in [-0.4, -0.2) is 0 Å². The Hall–Kier alpha value is -14.6. The van der Waals surface area contributed by atoms with Crippen LogP contribution in [0.3, 0.4) is 0 Å². The van der Waals surface area contributed by atoms with Gasteiger partial charge in [0.25, 0.3) is 0 Å². The highest BCUT2D eigenvalue weighted by Gasteiger charge is 2.55. The summed E-state index contributed by atoms with van der Waals surface area (Å²) in [5.74, 6) is 0. The number of benzene rings is 18. The van der Waals surface area contributed by atoms with E-state index in [2.05, 4.69) is 423 Å². The molecule has 2 heterocycles. The third-order valence-corrected chi connectivity index (χ3v) is 26.7. The average molecular weight is 1460 g/mol. The topological polar surface area (TPSA) is 29.5 Å². The van der Waals surface area contributed by atoms with E-state index in [1.54, 1.807) is 0 Å². The summed E-state index contributed by atoms with van der Waals surface area (Å²) in [4.78, 5) is 2.61. The van der Waals surface area contributed by atoms with Crippen LogP contribution in [-0.2, 0) is 21.7 Å². The van der Waals surface area contributed by atoms with Crippen molar-refractivity contribution in [2.75, 3.05) is 4.90 Å². The number of nitrogens with zero attached hydrogens (tertiary/aromatic N) is 1. The van der Waals surface area contributed by atoms with Crippen molar-refractivity contribution in [2.45, 2.75) is 21.7 Å². The SMILES string of the molecule is c1ccc(-c2cc3c(c4c2oc2ccccc24)-c2ccc(N(c4ccc5c(c4)C(c4ccccc4)(c4ccccc4)c4cc6c(cc4-5)C(c4ccccc4)(c4ccccc4)c4ccc5oc7ccccc7c5c4-6)c4ccc5c(c4)C4(c6ccccc6-c6ccccc64)c4ccccc4-5)cc2C3(c2ccccc2)c2ccccc2)cc1. The van der Waals surface area contributed by atoms with Crippen molar-refractivity contribution in [2.24, 2.45) is 0 Å². The molecule has 5 aliphatic carbocycles. The minimum absolute atomic E-state index is 0.622. The molecule has 0 radical (unpaired) electrons. The third kappa shape index (κ3) is 8.32. The second-order valence-electron chi connectivity index (χ2n) is 31.8. The van der Waals surface area contributed by atoms with Gasteiger partial charge in [0.1, 0.15) is 22.3 Å². The first kappa shape index (κ1) is 64.1. The van der Waals surface area contributed by atoms with Crippen LogP contribution in [0.25, 0.3) is 111 Å². The van der Waals surface area contributed by atoms with Crippen LogP contribution < -0.4 is 4.90 Å². The highest BCUT2D eigenvalue weighted by Crippen LogP contribution is 2.68. The van der Waals surface area contributed by atoms with Gasteiger partial charge in [-0.05, 0) is 223 Å². The van der Waals surface area contributed by atoms with Gasteiger partial charge in [-0.1, -0.05) is 346 Å². The molecular weight excluding hydrogens is 1390 g/mol. The van der Waals surface area contributed by atoms with Crippen molar-refractivity contribution in [3.63, 3.8) is 0 Å². The number of hydrogen-bond donors (Lipinski definition) is 0. The zero-order valence-electron chi connectivity index (χ0n) is 62.6. The lowest BCUT2D eigenvalue weighted by Crippen LogP contribution is -2.30. The highest BCUT2D eigenvalue weighted by molar-refractivity contribution is 6.20. The van der Waals surface area contributed by atoms with Crippen molar-refractivity contribution >= 4 is 60.9 Å². The molecule has 0 atom stereocenters. The monoisotopic (exact) mass is 1460 g/mol. The van der Waals surface area contributed by atoms with Crippen LogP contribution in [0.15, 0.2) is 427 Å². The van der Waals surface area contributed by atoms with E-state index in [-0.39, 0.29) is 0 Å². The molecule has 115 heavy (non-hydrogen) atoms. The Morgan fingerprint density at radius 3 is 1.01 bits per heavy atom. The molecule has 0 fully saturated rings. The van der Waals surface area contributed by atoms with Crippen LogP contribution in [0, 0.1) is 0 Å². The lowest BCUT2D eigenvalue weighted by Gasteiger charge is -2.36. The van der Waals surface area contributed by atoms with Gasteiger partial charge in [0, 0.05) is 44.2 Å². The summed E-state index contributed by atoms with van der Waals surface area (Å²) in [5.41, 5.74) is 37.5. The van der Waals surface area contributed by atoms with E-state index in [1.807, 2.05) is 0 Å². The number of fused-ring (bicyclic) bond motifs is 27. The maximum Gasteiger partial charge on any atom is 0.143 e. The van der Waals surface area contributed by atoms with Crippen molar-refractivity contribution < 1.29 is 8.83 Å². The summed E-state index contributed by atoms with van der Waals surface area (Å²) in [6.07, 6.45) is 0. The van der Waals surface area contributed by atoms with Crippen molar-refractivity contribution in [3.05, 3.63) is 508 Å². The Morgan fingerprint density at radius 2 is 0.513 bits per heavy atom. The third-order valence-electron chi connectivity index (χ3n) is 26.7. The maximum atomic E-state index is 7.23. The van der Waals surface area contributed by atoms with E-state index in [9.17, 15) is 0 Å². The van der Waals surface area contributed by atoms with Crippen molar-refractivity contribution in [1.29, 1.82) is 0 Å². The molecule has 0 saturated heterocycles. The van der Waals surface area contributed by atoms with Crippen molar-refractivity contribution in [1.82, 2.24) is 0 Å². The second-order valence-corrected chi connectivity index (χ2v) is 31.8. The molecule has 0 amide bonds. The summed E-state index contributed by atoms with van der Waals surface area (Å²) in [5, 5.41) is 4.44. The smallest absolute Gasteiger partial charge is 0.143 e. The molecule has 3 heteroatoms. The van der Waals surface area contributed by atoms with Crippen LogP contribution in [0.5, 0.6) is 0 Å². The Kier molecular flexibility index (Phi) is 13.3. The highest BCUT2D eigenvalue weighted by atomic mass is 16.3. The minimum atomic E-state index is -0.868. The standard InChI is InChI=1S/C112H69NO2/c1-8-32-70(33-9-1)88-67-100-104(107-87-50-26-31-55-102(87)115-108(88)107)85-61-58-79(66-97(85)111(100,75-42-18-6-19-43-75)76-44-20-7-21-45-76)113(78-56-59-83-82-48-24-29-53-93(82)112(96(83)65-78)91-51-27-22-46-80(91)81-47-23-28-52-92(81)112)77-57-60-84-89-68-99-90(69-98(89)110(95(84)64-77,73-38-14-4-15-39-73)74-40-16-5-17-41-74)105-94(62-63-103-106(105)86-49-25-30-54-101(86)114-103)109(99,71-34-10-2-11-35-71)72-36-12-3-13-37-72/h1-69H. The molecule has 20 aromatic rings. The van der Waals surface area contributed by atoms with E-state index < -0.39 is 21.7 Å². The molecule has 0 N–H and O–H groups in total. The first-order valence-electron chi connectivity index (χ1n) is 40.1. The lowest BCUT2D eigenvalue weighted by molar-refractivity contribution is 0.668. The van der Waals surface area contributed by atoms with Gasteiger partial charge in [0.15, 0.2) is 0 Å². The number of rotatable bonds is 10. The fraction of sp³-hybridized carbons (Fsp3) is 0.0357. The fourth-order valence-electron chi connectivity index (χ4n) is 22.4. The fourth-order valence-corrected chi connectivity index (χ4v) is 22.4. The number of para-hydroxylation sites is 2. The summed E-state index contributed by atoms with van der Waals surface area (Å²) < 4.78 is 14.2. The van der Waals surface area contributed by atoms with Crippen LogP contribution >= 0.6 is 0 Å². The van der Waals surface area contributed by atoms with Crippen LogP contribution in [0.2, 0.25) is 0 Å². The lowest BCUT2D eigenvalue weighted by atomic mass is 9.66. The summed E-state index contributed by atoms with van der Waals surface area (Å²) in [7, 11) is 0. The van der Waals surface area contributed by atoms with Gasteiger partial charge < -0.3 is 13.7 Å². The number of anilines is 3. The molecule has 1 spiro atoms. The first-order valence-corrected chi connectivity index (χ1v) is 40.1. The van der Waals surface area contributed by atoms with E-state index in [1.165, 1.54) is 145 Å². The average Bonchev–Trinajstić information content (AvgIpc) is 1.56. The maximum absolute atomic E-state index is 7.23. The van der Waals surface area contributed by atoms with Gasteiger partial charge >= 0.3 is 0 Å². The largest absolute Gasteiger partial charge is 0.456 e. The van der Waals surface area contributed by atoms with E-state index in [0.717, 1.165) is 72.1 Å². The van der Waals surface area contributed by atoms with Gasteiger partial charge in [0.2, 0.25) is 0 Å². The van der Waals surface area contributed by atoms with E-state index in [4.69, 9.17) is 8.83 Å². The Bertz CT molecular complexity index is 7260. The van der Waals surface area contributed by atoms with Gasteiger partial charge in [0.05, 0.1) is 21.7 Å². The van der Waals surface area contributed by atoms with Gasteiger partial charge in [-0.25, -0.2) is 0 Å². The van der Waals surface area contributed by atoms with E-state index in [0.29, 0.717) is 0 Å². The number of hydrogen-bond acceptors (Lipinski definition) is 3. The van der Waals surface area contributed by atoms with Crippen LogP contribution in [0.1, 0.15) is 89.0 Å². The van der Waals surface area contributed by atoms with E-state index >= 15 is 0 Å². The summed E-state index contributed by atoms with van der Waals surface area (Å²) in [6, 6.07) is 158. The van der Waals surface area contributed by atoms with Gasteiger partial charge in [-0.2, -0.15) is 0 Å². The molecule has 0 aliphatic heterocycles.